The lowest BCUT2D eigenvalue weighted by Crippen LogP contribution is -2.41. The second-order valence-corrected chi connectivity index (χ2v) is 6.09. The van der Waals surface area contributed by atoms with Crippen LogP contribution in [0.15, 0.2) is 42.5 Å². The molecule has 1 aliphatic rings. The van der Waals surface area contributed by atoms with E-state index in [1.807, 2.05) is 19.1 Å². The van der Waals surface area contributed by atoms with Crippen molar-refractivity contribution in [3.05, 3.63) is 63.7 Å². The number of phenols is 1. The minimum atomic E-state index is -0.691. The van der Waals surface area contributed by atoms with Crippen LogP contribution in [0.3, 0.4) is 0 Å². The quantitative estimate of drug-likeness (QED) is 0.643. The summed E-state index contributed by atoms with van der Waals surface area (Å²) in [6.45, 7) is 3.38. The summed E-state index contributed by atoms with van der Waals surface area (Å²) in [5.41, 5.74) is 2.27. The zero-order valence-corrected chi connectivity index (χ0v) is 13.8. The number of aromatic hydroxyl groups is 1. The van der Waals surface area contributed by atoms with Crippen LogP contribution >= 0.6 is 0 Å². The molecule has 0 aromatic heterocycles. The van der Waals surface area contributed by atoms with Crippen molar-refractivity contribution in [2.24, 2.45) is 0 Å². The predicted octanol–water partition coefficient (Wildman–Crippen LogP) is 2.48. The zero-order valence-electron chi connectivity index (χ0n) is 13.8. The maximum Gasteiger partial charge on any atom is 0.310 e. The SMILES string of the molecule is C[C@@H](CNC(=O)c1ccc([N+](=O)[O-])c(O)c1)N1CCc2ccccc21. The van der Waals surface area contributed by atoms with Crippen LogP contribution in [-0.2, 0) is 6.42 Å². The van der Waals surface area contributed by atoms with Gasteiger partial charge in [-0.3, -0.25) is 14.9 Å². The van der Waals surface area contributed by atoms with E-state index in [9.17, 15) is 20.0 Å². The molecule has 7 heteroatoms. The van der Waals surface area contributed by atoms with E-state index < -0.39 is 16.4 Å². The number of hydrogen-bond acceptors (Lipinski definition) is 5. The average molecular weight is 341 g/mol. The first-order valence-corrected chi connectivity index (χ1v) is 8.07. The van der Waals surface area contributed by atoms with Crippen molar-refractivity contribution < 1.29 is 14.8 Å². The summed E-state index contributed by atoms with van der Waals surface area (Å²) in [6, 6.07) is 11.9. The summed E-state index contributed by atoms with van der Waals surface area (Å²) in [5.74, 6) is -0.885. The summed E-state index contributed by atoms with van der Waals surface area (Å²) < 4.78 is 0. The third kappa shape index (κ3) is 3.40. The number of amides is 1. The Kier molecular flexibility index (Phi) is 4.56. The highest BCUT2D eigenvalue weighted by atomic mass is 16.6. The van der Waals surface area contributed by atoms with Crippen molar-refractivity contribution in [1.82, 2.24) is 5.32 Å². The molecule has 25 heavy (non-hydrogen) atoms. The molecule has 1 amide bonds. The highest BCUT2D eigenvalue weighted by Crippen LogP contribution is 2.29. The topological polar surface area (TPSA) is 95.7 Å². The number of para-hydroxylation sites is 1. The van der Waals surface area contributed by atoms with Gasteiger partial charge in [0.2, 0.25) is 0 Å². The van der Waals surface area contributed by atoms with E-state index in [4.69, 9.17) is 0 Å². The Labute approximate surface area is 145 Å². The number of carbonyl (C=O) groups excluding carboxylic acids is 1. The number of nitro groups is 1. The molecule has 2 aromatic carbocycles. The molecule has 0 unspecified atom stereocenters. The molecule has 0 saturated carbocycles. The Morgan fingerprint density at radius 2 is 2.12 bits per heavy atom. The molecule has 0 bridgehead atoms. The fourth-order valence-corrected chi connectivity index (χ4v) is 3.09. The van der Waals surface area contributed by atoms with Gasteiger partial charge in [-0.25, -0.2) is 0 Å². The van der Waals surface area contributed by atoms with Gasteiger partial charge in [-0.1, -0.05) is 18.2 Å². The van der Waals surface area contributed by atoms with Crippen molar-refractivity contribution in [3.8, 4) is 5.75 Å². The third-order valence-electron chi connectivity index (χ3n) is 4.45. The van der Waals surface area contributed by atoms with Crippen LogP contribution in [0.4, 0.5) is 11.4 Å². The Hall–Kier alpha value is -3.09. The van der Waals surface area contributed by atoms with Crippen molar-refractivity contribution >= 4 is 17.3 Å². The van der Waals surface area contributed by atoms with Gasteiger partial charge in [-0.2, -0.15) is 0 Å². The molecule has 2 N–H and O–H groups in total. The van der Waals surface area contributed by atoms with Gasteiger partial charge in [0.05, 0.1) is 4.92 Å². The second-order valence-electron chi connectivity index (χ2n) is 6.09. The lowest BCUT2D eigenvalue weighted by atomic mass is 10.1. The van der Waals surface area contributed by atoms with Crippen molar-refractivity contribution in [3.63, 3.8) is 0 Å². The molecule has 0 radical (unpaired) electrons. The summed E-state index contributed by atoms with van der Waals surface area (Å²) in [5, 5.41) is 23.2. The number of phenolic OH excluding ortho intramolecular Hbond substituents is 1. The smallest absolute Gasteiger partial charge is 0.310 e. The number of rotatable bonds is 5. The minimum absolute atomic E-state index is 0.110. The van der Waals surface area contributed by atoms with E-state index >= 15 is 0 Å². The first-order chi connectivity index (χ1) is 12.0. The van der Waals surface area contributed by atoms with Crippen molar-refractivity contribution in [2.45, 2.75) is 19.4 Å². The molecule has 2 aromatic rings. The molecule has 0 saturated heterocycles. The number of hydrogen-bond donors (Lipinski definition) is 2. The van der Waals surface area contributed by atoms with Crippen LogP contribution in [0.1, 0.15) is 22.8 Å². The second kappa shape index (κ2) is 6.80. The average Bonchev–Trinajstić information content (AvgIpc) is 3.03. The number of nitrogens with one attached hydrogen (secondary N) is 1. The minimum Gasteiger partial charge on any atom is -0.502 e. The molecule has 130 valence electrons. The molecule has 3 rings (SSSR count). The molecule has 1 aliphatic heterocycles. The van der Waals surface area contributed by atoms with E-state index in [0.29, 0.717) is 6.54 Å². The van der Waals surface area contributed by atoms with Gasteiger partial charge in [0.25, 0.3) is 5.91 Å². The normalized spacial score (nSPS) is 14.0. The monoisotopic (exact) mass is 341 g/mol. The van der Waals surface area contributed by atoms with Crippen LogP contribution in [0, 0.1) is 10.1 Å². The van der Waals surface area contributed by atoms with E-state index in [1.54, 1.807) is 0 Å². The largest absolute Gasteiger partial charge is 0.502 e. The van der Waals surface area contributed by atoms with Crippen molar-refractivity contribution in [1.29, 1.82) is 0 Å². The first-order valence-electron chi connectivity index (χ1n) is 8.07. The maximum absolute atomic E-state index is 12.2. The van der Waals surface area contributed by atoms with Gasteiger partial charge in [0, 0.05) is 36.4 Å². The van der Waals surface area contributed by atoms with Gasteiger partial charge in [-0.15, -0.1) is 0 Å². The summed E-state index contributed by atoms with van der Waals surface area (Å²) in [7, 11) is 0. The summed E-state index contributed by atoms with van der Waals surface area (Å²) in [4.78, 5) is 24.5. The highest BCUT2D eigenvalue weighted by Gasteiger charge is 2.23. The number of nitro benzene ring substituents is 1. The van der Waals surface area contributed by atoms with Crippen molar-refractivity contribution in [2.75, 3.05) is 18.0 Å². The molecule has 0 aliphatic carbocycles. The lowest BCUT2D eigenvalue weighted by Gasteiger charge is -2.27. The third-order valence-corrected chi connectivity index (χ3v) is 4.45. The molecular formula is C18H19N3O4. The summed E-state index contributed by atoms with van der Waals surface area (Å²) in [6.07, 6.45) is 0.991. The number of anilines is 1. The number of benzene rings is 2. The van der Waals surface area contributed by atoms with Crippen LogP contribution in [-0.4, -0.2) is 35.1 Å². The highest BCUT2D eigenvalue weighted by molar-refractivity contribution is 5.95. The van der Waals surface area contributed by atoms with Gasteiger partial charge >= 0.3 is 5.69 Å². The Morgan fingerprint density at radius 1 is 1.36 bits per heavy atom. The number of nitrogens with zero attached hydrogens (tertiary/aromatic N) is 2. The number of carbonyl (C=O) groups is 1. The van der Waals surface area contributed by atoms with E-state index in [0.717, 1.165) is 25.1 Å². The first kappa shape index (κ1) is 16.8. The van der Waals surface area contributed by atoms with E-state index in [2.05, 4.69) is 22.3 Å². The molecule has 0 spiro atoms. The fraction of sp³-hybridized carbons (Fsp3) is 0.278. The van der Waals surface area contributed by atoms with Gasteiger partial charge in [-0.05, 0) is 37.1 Å². The molecule has 1 atom stereocenters. The van der Waals surface area contributed by atoms with Gasteiger partial charge < -0.3 is 15.3 Å². The van der Waals surface area contributed by atoms with Crippen LogP contribution in [0.2, 0.25) is 0 Å². The predicted molar refractivity (Wildman–Crippen MR) is 94.0 cm³/mol. The van der Waals surface area contributed by atoms with Crippen LogP contribution in [0.25, 0.3) is 0 Å². The Morgan fingerprint density at radius 3 is 2.84 bits per heavy atom. The summed E-state index contributed by atoms with van der Waals surface area (Å²) >= 11 is 0. The standard InChI is InChI=1S/C18H19N3O4/c1-12(20-9-8-13-4-2-3-5-15(13)20)11-19-18(23)14-6-7-16(21(24)25)17(22)10-14/h2-7,10,12,22H,8-9,11H2,1H3,(H,19,23)/t12-/m0/s1. The fourth-order valence-electron chi connectivity index (χ4n) is 3.09. The number of fused-ring (bicyclic) bond motifs is 1. The van der Waals surface area contributed by atoms with Crippen LogP contribution in [0.5, 0.6) is 5.75 Å². The molecule has 0 fully saturated rings. The molecular weight excluding hydrogens is 322 g/mol. The maximum atomic E-state index is 12.2. The van der Waals surface area contributed by atoms with Gasteiger partial charge in [0.15, 0.2) is 5.75 Å². The van der Waals surface area contributed by atoms with Gasteiger partial charge in [0.1, 0.15) is 0 Å². The Balaban J connectivity index is 1.63. The zero-order chi connectivity index (χ0) is 18.0. The molecule has 7 nitrogen and oxygen atoms in total. The van der Waals surface area contributed by atoms with E-state index in [-0.39, 0.29) is 17.5 Å². The lowest BCUT2D eigenvalue weighted by molar-refractivity contribution is -0.385. The van der Waals surface area contributed by atoms with Crippen LogP contribution < -0.4 is 10.2 Å². The Bertz CT molecular complexity index is 822. The molecule has 1 heterocycles. The van der Waals surface area contributed by atoms with E-state index in [1.165, 1.54) is 17.3 Å².